The zero-order chi connectivity index (χ0) is 20.0. The molecule has 0 fully saturated rings. The van der Waals surface area contributed by atoms with Crippen molar-refractivity contribution < 1.29 is 37.0 Å². The number of benzene rings is 2. The predicted octanol–water partition coefficient (Wildman–Crippen LogP) is 3.74. The number of rotatable bonds is 8. The first-order valence-electron chi connectivity index (χ1n) is 7.69. The Hall–Kier alpha value is -2.94. The zero-order valence-corrected chi connectivity index (χ0v) is 13.8. The average Bonchev–Trinajstić information content (AvgIpc) is 2.59. The topological polar surface area (TPSA) is 75.6 Å². The van der Waals surface area contributed by atoms with Gasteiger partial charge < -0.3 is 15.2 Å². The van der Waals surface area contributed by atoms with Crippen molar-refractivity contribution in [2.75, 3.05) is 18.5 Å². The van der Waals surface area contributed by atoms with E-state index in [4.69, 9.17) is 9.84 Å². The van der Waals surface area contributed by atoms with Crippen LogP contribution >= 0.6 is 0 Å². The third-order valence-corrected chi connectivity index (χ3v) is 3.47. The second-order valence-corrected chi connectivity index (χ2v) is 5.58. The minimum Gasteiger partial charge on any atom is -0.478 e. The lowest BCUT2D eigenvalue weighted by Crippen LogP contribution is -2.19. The summed E-state index contributed by atoms with van der Waals surface area (Å²) in [7, 11) is 0. The van der Waals surface area contributed by atoms with Gasteiger partial charge in [0.25, 0.3) is 0 Å². The highest BCUT2D eigenvalue weighted by Crippen LogP contribution is 2.31. The van der Waals surface area contributed by atoms with Gasteiger partial charge in [-0.15, -0.1) is 0 Å². The highest BCUT2D eigenvalue weighted by molar-refractivity contribution is 5.89. The maximum Gasteiger partial charge on any atom is 0.419 e. The molecule has 27 heavy (non-hydrogen) atoms. The Labute approximate surface area is 151 Å². The van der Waals surface area contributed by atoms with Crippen LogP contribution in [0, 0.1) is 5.82 Å². The van der Waals surface area contributed by atoms with Crippen LogP contribution in [0.1, 0.15) is 21.5 Å². The fraction of sp³-hybridized carbons (Fsp3) is 0.222. The van der Waals surface area contributed by atoms with Gasteiger partial charge in [-0.25, -0.2) is 9.18 Å². The SMILES string of the molecule is O=C(CNc1cccc(C(=O)O)c1)COCc1ccc(C(F)(F)F)c(F)c1. The molecule has 0 heterocycles. The van der Waals surface area contributed by atoms with Crippen LogP contribution < -0.4 is 5.32 Å². The molecule has 0 aromatic heterocycles. The maximum absolute atomic E-state index is 13.4. The van der Waals surface area contributed by atoms with Crippen LogP contribution in [0.15, 0.2) is 42.5 Å². The summed E-state index contributed by atoms with van der Waals surface area (Å²) in [5.74, 6) is -2.88. The Morgan fingerprint density at radius 1 is 1.11 bits per heavy atom. The molecule has 2 N–H and O–H groups in total. The number of aromatic carboxylic acids is 1. The van der Waals surface area contributed by atoms with Crippen LogP contribution in [-0.2, 0) is 22.3 Å². The van der Waals surface area contributed by atoms with E-state index in [1.165, 1.54) is 18.2 Å². The normalized spacial score (nSPS) is 11.3. The predicted molar refractivity (Wildman–Crippen MR) is 88.0 cm³/mol. The molecular weight excluding hydrogens is 370 g/mol. The summed E-state index contributed by atoms with van der Waals surface area (Å²) in [6.45, 7) is -0.700. The van der Waals surface area contributed by atoms with Crippen molar-refractivity contribution in [3.05, 3.63) is 65.0 Å². The second kappa shape index (κ2) is 8.63. The standard InChI is InChI=1S/C18H15F4NO4/c19-16-6-11(4-5-15(16)18(20,21)22)9-27-10-14(24)8-23-13-3-1-2-12(7-13)17(25)26/h1-7,23H,8-10H2,(H,25,26). The van der Waals surface area contributed by atoms with Gasteiger partial charge in [0.1, 0.15) is 12.4 Å². The number of Topliss-reactive ketones (excluding diaryl/α,β-unsaturated/α-hetero) is 1. The molecule has 0 amide bonds. The number of ketones is 1. The Balaban J connectivity index is 1.80. The maximum atomic E-state index is 13.4. The monoisotopic (exact) mass is 385 g/mol. The highest BCUT2D eigenvalue weighted by atomic mass is 19.4. The van der Waals surface area contributed by atoms with Gasteiger partial charge in [-0.1, -0.05) is 12.1 Å². The van der Waals surface area contributed by atoms with Crippen LogP contribution in [0.3, 0.4) is 0 Å². The molecule has 0 bridgehead atoms. The molecular formula is C18H15F4NO4. The minimum absolute atomic E-state index is 0.0630. The number of anilines is 1. The summed E-state index contributed by atoms with van der Waals surface area (Å²) in [6.07, 6.45) is -4.77. The lowest BCUT2D eigenvalue weighted by Gasteiger charge is -2.10. The molecule has 2 aromatic carbocycles. The zero-order valence-electron chi connectivity index (χ0n) is 13.8. The Bertz CT molecular complexity index is 836. The largest absolute Gasteiger partial charge is 0.478 e. The van der Waals surface area contributed by atoms with E-state index in [9.17, 15) is 27.2 Å². The molecule has 0 aliphatic carbocycles. The van der Waals surface area contributed by atoms with Crippen molar-refractivity contribution in [1.29, 1.82) is 0 Å². The summed E-state index contributed by atoms with van der Waals surface area (Å²) < 4.78 is 55.9. The van der Waals surface area contributed by atoms with Gasteiger partial charge in [-0.3, -0.25) is 4.79 Å². The van der Waals surface area contributed by atoms with Crippen molar-refractivity contribution in [3.8, 4) is 0 Å². The van der Waals surface area contributed by atoms with Crippen LogP contribution in [0.25, 0.3) is 0 Å². The molecule has 144 valence electrons. The van der Waals surface area contributed by atoms with E-state index in [-0.39, 0.29) is 36.7 Å². The summed E-state index contributed by atoms with van der Waals surface area (Å²) in [5, 5.41) is 11.6. The van der Waals surface area contributed by atoms with E-state index in [0.29, 0.717) is 17.8 Å². The first-order valence-corrected chi connectivity index (χ1v) is 7.69. The third kappa shape index (κ3) is 6.07. The molecule has 0 aliphatic rings. The van der Waals surface area contributed by atoms with Crippen LogP contribution in [-0.4, -0.2) is 30.0 Å². The van der Waals surface area contributed by atoms with Crippen molar-refractivity contribution in [2.45, 2.75) is 12.8 Å². The molecule has 0 aliphatic heterocycles. The van der Waals surface area contributed by atoms with Gasteiger partial charge in [-0.2, -0.15) is 13.2 Å². The number of carbonyl (C=O) groups is 2. The van der Waals surface area contributed by atoms with E-state index in [0.717, 1.165) is 6.07 Å². The Morgan fingerprint density at radius 2 is 1.85 bits per heavy atom. The molecule has 0 radical (unpaired) electrons. The first kappa shape index (κ1) is 20.4. The number of carboxylic acids is 1. The number of halogens is 4. The summed E-state index contributed by atoms with van der Waals surface area (Å²) in [6, 6.07) is 8.28. The number of hydrogen-bond acceptors (Lipinski definition) is 4. The molecule has 0 saturated carbocycles. The highest BCUT2D eigenvalue weighted by Gasteiger charge is 2.33. The second-order valence-electron chi connectivity index (χ2n) is 5.58. The fourth-order valence-corrected chi connectivity index (χ4v) is 2.17. The van der Waals surface area contributed by atoms with Gasteiger partial charge >= 0.3 is 12.1 Å². The third-order valence-electron chi connectivity index (χ3n) is 3.47. The molecule has 0 saturated heterocycles. The number of carbonyl (C=O) groups excluding carboxylic acids is 1. The fourth-order valence-electron chi connectivity index (χ4n) is 2.17. The lowest BCUT2D eigenvalue weighted by atomic mass is 10.1. The van der Waals surface area contributed by atoms with Crippen molar-refractivity contribution in [2.24, 2.45) is 0 Å². The number of ether oxygens (including phenoxy) is 1. The molecule has 5 nitrogen and oxygen atoms in total. The molecule has 0 spiro atoms. The van der Waals surface area contributed by atoms with Crippen LogP contribution in [0.2, 0.25) is 0 Å². The number of carboxylic acid groups (broad SMARTS) is 1. The van der Waals surface area contributed by atoms with E-state index >= 15 is 0 Å². The van der Waals surface area contributed by atoms with Gasteiger partial charge in [0.05, 0.1) is 24.3 Å². The van der Waals surface area contributed by atoms with Crippen molar-refractivity contribution >= 4 is 17.4 Å². The van der Waals surface area contributed by atoms with Gasteiger partial charge in [0, 0.05) is 5.69 Å². The number of alkyl halides is 3. The lowest BCUT2D eigenvalue weighted by molar-refractivity contribution is -0.140. The first-order chi connectivity index (χ1) is 12.7. The molecule has 2 rings (SSSR count). The van der Waals surface area contributed by atoms with E-state index in [2.05, 4.69) is 5.32 Å². The number of nitrogens with one attached hydrogen (secondary N) is 1. The van der Waals surface area contributed by atoms with Crippen molar-refractivity contribution in [3.63, 3.8) is 0 Å². The molecule has 0 unspecified atom stereocenters. The Kier molecular flexibility index (Phi) is 6.51. The van der Waals surface area contributed by atoms with Gasteiger partial charge in [0.15, 0.2) is 5.78 Å². The molecule has 0 atom stereocenters. The van der Waals surface area contributed by atoms with Gasteiger partial charge in [-0.05, 0) is 35.9 Å². The van der Waals surface area contributed by atoms with E-state index in [1.807, 2.05) is 0 Å². The summed E-state index contributed by atoms with van der Waals surface area (Å²) in [4.78, 5) is 22.6. The summed E-state index contributed by atoms with van der Waals surface area (Å²) in [5.41, 5.74) is -0.702. The van der Waals surface area contributed by atoms with Crippen LogP contribution in [0.4, 0.5) is 23.2 Å². The van der Waals surface area contributed by atoms with Crippen molar-refractivity contribution in [1.82, 2.24) is 0 Å². The van der Waals surface area contributed by atoms with E-state index in [1.54, 1.807) is 6.07 Å². The summed E-state index contributed by atoms with van der Waals surface area (Å²) >= 11 is 0. The Morgan fingerprint density at radius 3 is 2.48 bits per heavy atom. The van der Waals surface area contributed by atoms with Gasteiger partial charge in [0.2, 0.25) is 0 Å². The number of hydrogen-bond donors (Lipinski definition) is 2. The smallest absolute Gasteiger partial charge is 0.419 e. The van der Waals surface area contributed by atoms with E-state index < -0.39 is 23.5 Å². The average molecular weight is 385 g/mol. The molecule has 2 aromatic rings. The molecule has 9 heteroatoms. The minimum atomic E-state index is -4.77. The quantitative estimate of drug-likeness (QED) is 0.677. The van der Waals surface area contributed by atoms with Crippen LogP contribution in [0.5, 0.6) is 0 Å².